The van der Waals surface area contributed by atoms with E-state index in [0.717, 1.165) is 12.1 Å². The summed E-state index contributed by atoms with van der Waals surface area (Å²) in [5, 5.41) is 0. The molecule has 0 saturated carbocycles. The lowest BCUT2D eigenvalue weighted by molar-refractivity contribution is -0.137. The number of aromatic nitrogens is 2. The van der Waals surface area contributed by atoms with Crippen molar-refractivity contribution in [1.82, 2.24) is 9.97 Å². The summed E-state index contributed by atoms with van der Waals surface area (Å²) in [4.78, 5) is 8.32. The fraction of sp³-hybridized carbons (Fsp3) is 0.111. The van der Waals surface area contributed by atoms with Crippen molar-refractivity contribution >= 4 is 17.6 Å². The lowest BCUT2D eigenvalue weighted by atomic mass is 10.0. The van der Waals surface area contributed by atoms with Crippen LogP contribution >= 0.6 is 11.8 Å². The van der Waals surface area contributed by atoms with Crippen molar-refractivity contribution in [3.63, 3.8) is 0 Å². The molecule has 1 aromatic heterocycles. The Kier molecular flexibility index (Phi) is 4.86. The minimum Gasteiger partial charge on any atom is -0.382 e. The summed E-state index contributed by atoms with van der Waals surface area (Å²) in [7, 11) is 0. The largest absolute Gasteiger partial charge is 0.416 e. The number of alkyl halides is 3. The van der Waals surface area contributed by atoms with Crippen LogP contribution in [-0.4, -0.2) is 16.2 Å². The first kappa shape index (κ1) is 18.2. The van der Waals surface area contributed by atoms with Crippen LogP contribution in [0.1, 0.15) is 5.56 Å². The zero-order chi connectivity index (χ0) is 18.9. The summed E-state index contributed by atoms with van der Waals surface area (Å²) in [5.74, 6) is -0.325. The van der Waals surface area contributed by atoms with Crippen molar-refractivity contribution in [2.75, 3.05) is 12.0 Å². The Labute approximate surface area is 151 Å². The van der Waals surface area contributed by atoms with Gasteiger partial charge in [0, 0.05) is 10.5 Å². The molecule has 0 aliphatic heterocycles. The van der Waals surface area contributed by atoms with Crippen LogP contribution < -0.4 is 5.73 Å². The molecule has 0 saturated heterocycles. The smallest absolute Gasteiger partial charge is 0.382 e. The Hall–Kier alpha value is -2.61. The molecule has 26 heavy (non-hydrogen) atoms. The number of anilines is 1. The third-order valence-electron chi connectivity index (χ3n) is 3.76. The molecule has 0 aliphatic carbocycles. The molecular weight excluding hydrogens is 366 g/mol. The fourth-order valence-electron chi connectivity index (χ4n) is 2.47. The second kappa shape index (κ2) is 6.95. The molecule has 0 radical (unpaired) electrons. The number of nitrogens with two attached hydrogens (primary N) is 1. The molecule has 8 heteroatoms. The molecular formula is C18H13F4N3S. The van der Waals surface area contributed by atoms with Crippen LogP contribution in [0.5, 0.6) is 0 Å². The van der Waals surface area contributed by atoms with Crippen molar-refractivity contribution in [1.29, 1.82) is 0 Å². The zero-order valence-corrected chi connectivity index (χ0v) is 14.3. The normalized spacial score (nSPS) is 11.6. The van der Waals surface area contributed by atoms with Crippen molar-refractivity contribution in [3.05, 3.63) is 60.2 Å². The quantitative estimate of drug-likeness (QED) is 0.497. The second-order valence-corrected chi connectivity index (χ2v) is 6.28. The maximum atomic E-state index is 14.5. The van der Waals surface area contributed by atoms with Gasteiger partial charge in [-0.1, -0.05) is 12.1 Å². The summed E-state index contributed by atoms with van der Waals surface area (Å²) in [6.07, 6.45) is -0.0666. The number of thioether (sulfide) groups is 1. The standard InChI is InChI=1S/C18H13F4N3S/c1-26-16-7-11(18(20,21)22)3-5-12(16)10-2-4-13(14(19)6-10)15-8-25-17(23)9-24-15/h2-9H,1H3,(H2,23,25). The first-order chi connectivity index (χ1) is 12.3. The average molecular weight is 379 g/mol. The average Bonchev–Trinajstić information content (AvgIpc) is 2.61. The molecule has 2 aromatic carbocycles. The van der Waals surface area contributed by atoms with Gasteiger partial charge in [0.1, 0.15) is 11.6 Å². The van der Waals surface area contributed by atoms with Gasteiger partial charge < -0.3 is 5.73 Å². The monoisotopic (exact) mass is 379 g/mol. The lowest BCUT2D eigenvalue weighted by Gasteiger charge is -2.13. The summed E-state index contributed by atoms with van der Waals surface area (Å²) >= 11 is 1.17. The van der Waals surface area contributed by atoms with Gasteiger partial charge in [-0.05, 0) is 41.6 Å². The third-order valence-corrected chi connectivity index (χ3v) is 4.53. The van der Waals surface area contributed by atoms with E-state index in [9.17, 15) is 17.6 Å². The molecule has 0 spiro atoms. The van der Waals surface area contributed by atoms with E-state index in [2.05, 4.69) is 9.97 Å². The molecule has 1 heterocycles. The van der Waals surface area contributed by atoms with Crippen molar-refractivity contribution in [2.24, 2.45) is 0 Å². The zero-order valence-electron chi connectivity index (χ0n) is 13.5. The maximum Gasteiger partial charge on any atom is 0.416 e. The minimum absolute atomic E-state index is 0.222. The highest BCUT2D eigenvalue weighted by atomic mass is 32.2. The molecule has 2 N–H and O–H groups in total. The van der Waals surface area contributed by atoms with E-state index in [1.165, 1.54) is 42.4 Å². The Morgan fingerprint density at radius 1 is 0.962 bits per heavy atom. The van der Waals surface area contributed by atoms with Crippen LogP contribution in [0.15, 0.2) is 53.7 Å². The number of hydrogen-bond acceptors (Lipinski definition) is 4. The predicted molar refractivity (Wildman–Crippen MR) is 94.1 cm³/mol. The van der Waals surface area contributed by atoms with Crippen LogP contribution in [0.25, 0.3) is 22.4 Å². The van der Waals surface area contributed by atoms with Crippen molar-refractivity contribution in [3.8, 4) is 22.4 Å². The van der Waals surface area contributed by atoms with Crippen LogP contribution in [0.3, 0.4) is 0 Å². The summed E-state index contributed by atoms with van der Waals surface area (Å²) in [5.41, 5.74) is 6.29. The number of halogens is 4. The number of hydrogen-bond donors (Lipinski definition) is 1. The highest BCUT2D eigenvalue weighted by molar-refractivity contribution is 7.98. The van der Waals surface area contributed by atoms with Crippen LogP contribution in [0, 0.1) is 5.82 Å². The highest BCUT2D eigenvalue weighted by Gasteiger charge is 2.31. The topological polar surface area (TPSA) is 51.8 Å². The molecule has 0 aliphatic rings. The minimum atomic E-state index is -4.42. The van der Waals surface area contributed by atoms with Gasteiger partial charge in [-0.15, -0.1) is 11.8 Å². The molecule has 0 fully saturated rings. The summed E-state index contributed by atoms with van der Waals surface area (Å²) in [6.45, 7) is 0. The Morgan fingerprint density at radius 2 is 1.69 bits per heavy atom. The van der Waals surface area contributed by atoms with Gasteiger partial charge in [0.05, 0.1) is 23.7 Å². The van der Waals surface area contributed by atoms with Gasteiger partial charge in [0.25, 0.3) is 0 Å². The molecule has 3 rings (SSSR count). The van der Waals surface area contributed by atoms with Gasteiger partial charge >= 0.3 is 6.18 Å². The van der Waals surface area contributed by atoms with Gasteiger partial charge in [-0.2, -0.15) is 13.2 Å². The first-order valence-electron chi connectivity index (χ1n) is 7.42. The Bertz CT molecular complexity index is 940. The van der Waals surface area contributed by atoms with Crippen LogP contribution in [-0.2, 0) is 6.18 Å². The summed E-state index contributed by atoms with van der Waals surface area (Å²) in [6, 6.07) is 7.84. The number of rotatable bonds is 3. The molecule has 134 valence electrons. The van der Waals surface area contributed by atoms with E-state index < -0.39 is 17.6 Å². The maximum absolute atomic E-state index is 14.5. The molecule has 0 amide bonds. The number of nitrogens with zero attached hydrogens (tertiary/aromatic N) is 2. The molecule has 0 atom stereocenters. The number of benzene rings is 2. The second-order valence-electron chi connectivity index (χ2n) is 5.43. The predicted octanol–water partition coefficient (Wildman–Crippen LogP) is 5.27. The van der Waals surface area contributed by atoms with Gasteiger partial charge in [-0.3, -0.25) is 4.98 Å². The molecule has 0 unspecified atom stereocenters. The van der Waals surface area contributed by atoms with Gasteiger partial charge in [0.2, 0.25) is 0 Å². The van der Waals surface area contributed by atoms with Crippen molar-refractivity contribution < 1.29 is 17.6 Å². The van der Waals surface area contributed by atoms with E-state index >= 15 is 0 Å². The van der Waals surface area contributed by atoms with E-state index in [4.69, 9.17) is 5.73 Å². The van der Waals surface area contributed by atoms with E-state index in [1.807, 2.05) is 0 Å². The van der Waals surface area contributed by atoms with Crippen LogP contribution in [0.4, 0.5) is 23.4 Å². The molecule has 0 bridgehead atoms. The van der Waals surface area contributed by atoms with E-state index in [0.29, 0.717) is 21.7 Å². The Balaban J connectivity index is 2.03. The SMILES string of the molecule is CSc1cc(C(F)(F)F)ccc1-c1ccc(-c2cnc(N)cn2)c(F)c1. The summed E-state index contributed by atoms with van der Waals surface area (Å²) < 4.78 is 53.2. The third kappa shape index (κ3) is 3.65. The highest BCUT2D eigenvalue weighted by Crippen LogP contribution is 2.37. The first-order valence-corrected chi connectivity index (χ1v) is 8.65. The fourth-order valence-corrected chi connectivity index (χ4v) is 3.12. The van der Waals surface area contributed by atoms with Gasteiger partial charge in [0.15, 0.2) is 0 Å². The van der Waals surface area contributed by atoms with E-state index in [-0.39, 0.29) is 11.4 Å². The number of nitrogen functional groups attached to an aromatic ring is 1. The Morgan fingerprint density at radius 3 is 2.27 bits per heavy atom. The molecule has 3 nitrogen and oxygen atoms in total. The lowest BCUT2D eigenvalue weighted by Crippen LogP contribution is -2.05. The van der Waals surface area contributed by atoms with Crippen LogP contribution in [0.2, 0.25) is 0 Å². The van der Waals surface area contributed by atoms with Gasteiger partial charge in [-0.25, -0.2) is 9.37 Å². The molecule has 3 aromatic rings. The van der Waals surface area contributed by atoms with Crippen molar-refractivity contribution in [2.45, 2.75) is 11.1 Å². The van der Waals surface area contributed by atoms with E-state index in [1.54, 1.807) is 12.3 Å².